The van der Waals surface area contributed by atoms with E-state index in [9.17, 15) is 13.2 Å². The summed E-state index contributed by atoms with van der Waals surface area (Å²) in [6.07, 6.45) is 3.26. The number of hydrogen-bond donors (Lipinski definition) is 2. The Bertz CT molecular complexity index is 767. The zero-order valence-electron chi connectivity index (χ0n) is 12.2. The molecule has 23 heavy (non-hydrogen) atoms. The number of rotatable bonds is 7. The molecular formula is C15H16ClN3O3S. The third-order valence-corrected chi connectivity index (χ3v) is 4.44. The highest BCUT2D eigenvalue weighted by Gasteiger charge is 2.13. The molecule has 122 valence electrons. The minimum atomic E-state index is -3.61. The van der Waals surface area contributed by atoms with Crippen molar-refractivity contribution in [1.29, 1.82) is 0 Å². The number of benzene rings is 1. The van der Waals surface area contributed by atoms with Crippen LogP contribution in [0, 0.1) is 0 Å². The third-order valence-electron chi connectivity index (χ3n) is 2.91. The van der Waals surface area contributed by atoms with Gasteiger partial charge in [-0.1, -0.05) is 29.8 Å². The van der Waals surface area contributed by atoms with Gasteiger partial charge in [-0.2, -0.15) is 0 Å². The van der Waals surface area contributed by atoms with E-state index in [1.165, 1.54) is 0 Å². The predicted molar refractivity (Wildman–Crippen MR) is 88.2 cm³/mol. The normalized spacial score (nSPS) is 11.2. The quantitative estimate of drug-likeness (QED) is 0.789. The first kappa shape index (κ1) is 17.4. The van der Waals surface area contributed by atoms with E-state index in [2.05, 4.69) is 15.0 Å². The number of nitrogens with one attached hydrogen (secondary N) is 2. The summed E-state index contributed by atoms with van der Waals surface area (Å²) < 4.78 is 26.2. The van der Waals surface area contributed by atoms with Gasteiger partial charge in [0.15, 0.2) is 0 Å². The van der Waals surface area contributed by atoms with E-state index in [-0.39, 0.29) is 12.3 Å². The molecule has 0 saturated carbocycles. The smallest absolute Gasteiger partial charge is 0.235 e. The average molecular weight is 354 g/mol. The van der Waals surface area contributed by atoms with Gasteiger partial charge in [0, 0.05) is 24.0 Å². The monoisotopic (exact) mass is 353 g/mol. The van der Waals surface area contributed by atoms with Gasteiger partial charge in [-0.05, 0) is 29.3 Å². The van der Waals surface area contributed by atoms with Crippen LogP contribution >= 0.6 is 11.6 Å². The molecule has 0 aliphatic carbocycles. The van der Waals surface area contributed by atoms with Gasteiger partial charge in [0.25, 0.3) is 0 Å². The topological polar surface area (TPSA) is 88.2 Å². The molecule has 0 bridgehead atoms. The SMILES string of the molecule is O=C(CNS(=O)(=O)Cc1cccc(Cl)c1)NCc1cccnc1. The van der Waals surface area contributed by atoms with Crippen molar-refractivity contribution in [3.05, 3.63) is 64.9 Å². The summed E-state index contributed by atoms with van der Waals surface area (Å²) in [6, 6.07) is 10.1. The van der Waals surface area contributed by atoms with Gasteiger partial charge in [-0.15, -0.1) is 0 Å². The van der Waals surface area contributed by atoms with Gasteiger partial charge >= 0.3 is 0 Å². The lowest BCUT2D eigenvalue weighted by molar-refractivity contribution is -0.120. The van der Waals surface area contributed by atoms with Crippen molar-refractivity contribution in [2.24, 2.45) is 0 Å². The summed E-state index contributed by atoms with van der Waals surface area (Å²) in [5.74, 6) is -0.646. The molecule has 2 rings (SSSR count). The van der Waals surface area contributed by atoms with E-state index in [4.69, 9.17) is 11.6 Å². The second kappa shape index (κ2) is 8.05. The lowest BCUT2D eigenvalue weighted by Crippen LogP contribution is -2.37. The van der Waals surface area contributed by atoms with Crippen molar-refractivity contribution in [2.45, 2.75) is 12.3 Å². The van der Waals surface area contributed by atoms with Crippen molar-refractivity contribution >= 4 is 27.5 Å². The summed E-state index contributed by atoms with van der Waals surface area (Å²) in [4.78, 5) is 15.6. The third kappa shape index (κ3) is 6.35. The first-order chi connectivity index (χ1) is 10.9. The van der Waals surface area contributed by atoms with Crippen LogP contribution in [0.3, 0.4) is 0 Å². The van der Waals surface area contributed by atoms with Crippen molar-refractivity contribution < 1.29 is 13.2 Å². The molecule has 6 nitrogen and oxygen atoms in total. The van der Waals surface area contributed by atoms with Crippen LogP contribution in [0.25, 0.3) is 0 Å². The molecule has 8 heteroatoms. The van der Waals surface area contributed by atoms with Crippen LogP contribution in [0.4, 0.5) is 0 Å². The lowest BCUT2D eigenvalue weighted by Gasteiger charge is -2.08. The van der Waals surface area contributed by atoms with Crippen LogP contribution in [-0.2, 0) is 27.1 Å². The molecule has 2 N–H and O–H groups in total. The van der Waals surface area contributed by atoms with Crippen molar-refractivity contribution in [2.75, 3.05) is 6.54 Å². The summed E-state index contributed by atoms with van der Waals surface area (Å²) >= 11 is 5.82. The molecule has 0 saturated heterocycles. The maximum Gasteiger partial charge on any atom is 0.235 e. The first-order valence-electron chi connectivity index (χ1n) is 6.82. The molecule has 0 atom stereocenters. The van der Waals surface area contributed by atoms with Gasteiger partial charge in [0.05, 0.1) is 12.3 Å². The fourth-order valence-electron chi connectivity index (χ4n) is 1.84. The van der Waals surface area contributed by atoms with Crippen molar-refractivity contribution in [3.8, 4) is 0 Å². The van der Waals surface area contributed by atoms with E-state index in [1.54, 1.807) is 42.7 Å². The number of hydrogen-bond acceptors (Lipinski definition) is 4. The van der Waals surface area contributed by atoms with Crippen LogP contribution in [0.5, 0.6) is 0 Å². The van der Waals surface area contributed by atoms with Crippen LogP contribution in [-0.4, -0.2) is 25.9 Å². The summed E-state index contributed by atoms with van der Waals surface area (Å²) in [5, 5.41) is 3.08. The zero-order valence-corrected chi connectivity index (χ0v) is 13.8. The van der Waals surface area contributed by atoms with E-state index in [0.29, 0.717) is 17.1 Å². The second-order valence-corrected chi connectivity index (χ2v) is 7.09. The largest absolute Gasteiger partial charge is 0.351 e. The molecule has 1 aromatic carbocycles. The Labute approximate surface area is 139 Å². The number of sulfonamides is 1. The molecular weight excluding hydrogens is 338 g/mol. The summed E-state index contributed by atoms with van der Waals surface area (Å²) in [6.45, 7) is -0.0220. The Morgan fingerprint density at radius 2 is 1.96 bits per heavy atom. The Morgan fingerprint density at radius 1 is 1.17 bits per heavy atom. The molecule has 0 spiro atoms. The number of nitrogens with zero attached hydrogens (tertiary/aromatic N) is 1. The van der Waals surface area contributed by atoms with E-state index < -0.39 is 15.9 Å². The number of carbonyl (C=O) groups excluding carboxylic acids is 1. The van der Waals surface area contributed by atoms with Gasteiger partial charge in [-0.3, -0.25) is 9.78 Å². The minimum absolute atomic E-state index is 0.233. The maximum atomic E-state index is 11.9. The first-order valence-corrected chi connectivity index (χ1v) is 8.85. The maximum absolute atomic E-state index is 11.9. The van der Waals surface area contributed by atoms with Crippen molar-refractivity contribution in [1.82, 2.24) is 15.0 Å². The van der Waals surface area contributed by atoms with E-state index in [1.807, 2.05) is 6.07 Å². The van der Waals surface area contributed by atoms with Gasteiger partial charge in [-0.25, -0.2) is 13.1 Å². The zero-order chi connectivity index (χ0) is 16.7. The van der Waals surface area contributed by atoms with Crippen LogP contribution < -0.4 is 10.0 Å². The molecule has 0 radical (unpaired) electrons. The molecule has 0 fully saturated rings. The predicted octanol–water partition coefficient (Wildman–Crippen LogP) is 1.47. The van der Waals surface area contributed by atoms with E-state index in [0.717, 1.165) is 5.56 Å². The number of halogens is 1. The molecule has 2 aromatic rings. The molecule has 1 heterocycles. The summed E-state index contributed by atoms with van der Waals surface area (Å²) in [7, 11) is -3.61. The van der Waals surface area contributed by atoms with Crippen LogP contribution in [0.15, 0.2) is 48.8 Å². The Kier molecular flexibility index (Phi) is 6.09. The van der Waals surface area contributed by atoms with Gasteiger partial charge in [0.1, 0.15) is 0 Å². The molecule has 1 amide bonds. The highest BCUT2D eigenvalue weighted by Crippen LogP contribution is 2.12. The Hall–Kier alpha value is -1.96. The summed E-state index contributed by atoms with van der Waals surface area (Å²) in [5.41, 5.74) is 1.39. The van der Waals surface area contributed by atoms with Crippen LogP contribution in [0.1, 0.15) is 11.1 Å². The van der Waals surface area contributed by atoms with Crippen molar-refractivity contribution in [3.63, 3.8) is 0 Å². The Morgan fingerprint density at radius 3 is 2.65 bits per heavy atom. The van der Waals surface area contributed by atoms with E-state index >= 15 is 0 Å². The average Bonchev–Trinajstić information content (AvgIpc) is 2.52. The number of pyridine rings is 1. The highest BCUT2D eigenvalue weighted by atomic mass is 35.5. The highest BCUT2D eigenvalue weighted by molar-refractivity contribution is 7.88. The lowest BCUT2D eigenvalue weighted by atomic mass is 10.2. The number of carbonyl (C=O) groups is 1. The molecule has 0 unspecified atom stereocenters. The fraction of sp³-hybridized carbons (Fsp3) is 0.200. The minimum Gasteiger partial charge on any atom is -0.351 e. The molecule has 0 aliphatic heterocycles. The fourth-order valence-corrected chi connectivity index (χ4v) is 3.12. The molecule has 1 aromatic heterocycles. The van der Waals surface area contributed by atoms with Gasteiger partial charge in [0.2, 0.25) is 15.9 Å². The number of aromatic nitrogens is 1. The number of amides is 1. The van der Waals surface area contributed by atoms with Crippen LogP contribution in [0.2, 0.25) is 5.02 Å². The van der Waals surface area contributed by atoms with Gasteiger partial charge < -0.3 is 5.32 Å². The molecule has 0 aliphatic rings. The standard InChI is InChI=1S/C15H16ClN3O3S/c16-14-5-1-3-12(7-14)11-23(21,22)19-10-15(20)18-9-13-4-2-6-17-8-13/h1-8,19H,9-11H2,(H,18,20). The Balaban J connectivity index is 1.80. The second-order valence-electron chi connectivity index (χ2n) is 4.85.